The van der Waals surface area contributed by atoms with E-state index in [9.17, 15) is 9.59 Å². The number of aromatic nitrogens is 3. The Kier molecular flexibility index (Phi) is 4.73. The zero-order valence-corrected chi connectivity index (χ0v) is 15.5. The predicted octanol–water partition coefficient (Wildman–Crippen LogP) is 0.343. The molecular formula is C19H25N5O3. The monoisotopic (exact) mass is 371 g/mol. The lowest BCUT2D eigenvalue weighted by Crippen LogP contribution is -2.37. The molecule has 1 amide bonds. The molecule has 0 saturated carbocycles. The number of carbonyl (C=O) groups excluding carboxylic acids is 1. The molecule has 1 aromatic carbocycles. The van der Waals surface area contributed by atoms with Crippen LogP contribution in [-0.4, -0.2) is 51.4 Å². The van der Waals surface area contributed by atoms with Crippen molar-refractivity contribution in [1.29, 1.82) is 0 Å². The van der Waals surface area contributed by atoms with Gasteiger partial charge in [0.25, 0.3) is 0 Å². The standard InChI is InChI=1S/C19H25N5O3/c1-27-14-7-5-13(6-8-14)15-10-22(11-16(15)20)18(25)12-24-19(26)23-9-3-2-4-17(23)21-24/h5-8,15-16H,2-4,9-12,20H2,1H3. The molecule has 2 aromatic rings. The molecule has 0 spiro atoms. The van der Waals surface area contributed by atoms with E-state index in [0.29, 0.717) is 19.6 Å². The Hall–Kier alpha value is -2.61. The summed E-state index contributed by atoms with van der Waals surface area (Å²) in [6, 6.07) is 7.66. The van der Waals surface area contributed by atoms with Crippen LogP contribution in [0.15, 0.2) is 29.1 Å². The number of methoxy groups -OCH3 is 1. The van der Waals surface area contributed by atoms with Gasteiger partial charge in [-0.1, -0.05) is 12.1 Å². The number of nitrogens with two attached hydrogens (primary N) is 1. The van der Waals surface area contributed by atoms with Crippen molar-refractivity contribution in [2.75, 3.05) is 20.2 Å². The van der Waals surface area contributed by atoms with Gasteiger partial charge in [0, 0.05) is 38.0 Å². The second kappa shape index (κ2) is 7.19. The zero-order valence-electron chi connectivity index (χ0n) is 15.5. The lowest BCUT2D eigenvalue weighted by atomic mass is 9.95. The fraction of sp³-hybridized carbons (Fsp3) is 0.526. The molecule has 2 unspecified atom stereocenters. The maximum absolute atomic E-state index is 12.7. The largest absolute Gasteiger partial charge is 0.497 e. The van der Waals surface area contributed by atoms with Gasteiger partial charge in [-0.2, -0.15) is 5.10 Å². The van der Waals surface area contributed by atoms with Gasteiger partial charge in [0.1, 0.15) is 18.1 Å². The molecule has 2 N–H and O–H groups in total. The molecule has 8 heteroatoms. The Morgan fingerprint density at radius 1 is 1.26 bits per heavy atom. The molecule has 0 radical (unpaired) electrons. The van der Waals surface area contributed by atoms with Crippen molar-refractivity contribution in [2.45, 2.75) is 44.3 Å². The molecule has 8 nitrogen and oxygen atoms in total. The van der Waals surface area contributed by atoms with E-state index in [1.807, 2.05) is 24.3 Å². The molecule has 3 heterocycles. The Labute approximate surface area is 157 Å². The molecule has 27 heavy (non-hydrogen) atoms. The second-order valence-electron chi connectivity index (χ2n) is 7.31. The molecule has 1 fully saturated rings. The molecular weight excluding hydrogens is 346 g/mol. The van der Waals surface area contributed by atoms with Crippen LogP contribution in [0.3, 0.4) is 0 Å². The number of benzene rings is 1. The zero-order chi connectivity index (χ0) is 19.0. The predicted molar refractivity (Wildman–Crippen MR) is 99.7 cm³/mol. The van der Waals surface area contributed by atoms with E-state index in [0.717, 1.165) is 36.4 Å². The average molecular weight is 371 g/mol. The Bertz CT molecular complexity index is 886. The van der Waals surface area contributed by atoms with Crippen LogP contribution in [-0.2, 0) is 24.3 Å². The Morgan fingerprint density at radius 3 is 2.74 bits per heavy atom. The molecule has 4 rings (SSSR count). The van der Waals surface area contributed by atoms with E-state index in [1.54, 1.807) is 16.6 Å². The quantitative estimate of drug-likeness (QED) is 0.836. The van der Waals surface area contributed by atoms with E-state index in [-0.39, 0.29) is 30.1 Å². The summed E-state index contributed by atoms with van der Waals surface area (Å²) in [7, 11) is 1.63. The highest BCUT2D eigenvalue weighted by molar-refractivity contribution is 5.76. The third-order valence-electron chi connectivity index (χ3n) is 5.58. The SMILES string of the molecule is COc1ccc(C2CN(C(=O)Cn3nc4n(c3=O)CCCC4)CC2N)cc1. The number of carbonyl (C=O) groups is 1. The van der Waals surface area contributed by atoms with Crippen LogP contribution in [0.1, 0.15) is 30.1 Å². The minimum absolute atomic E-state index is 0.0269. The molecule has 2 aliphatic heterocycles. The summed E-state index contributed by atoms with van der Waals surface area (Å²) in [6.45, 7) is 1.70. The van der Waals surface area contributed by atoms with Crippen LogP contribution in [0.4, 0.5) is 0 Å². The number of aryl methyl sites for hydroxylation is 1. The van der Waals surface area contributed by atoms with Crippen LogP contribution in [0.2, 0.25) is 0 Å². The van der Waals surface area contributed by atoms with Crippen molar-refractivity contribution in [2.24, 2.45) is 5.73 Å². The van der Waals surface area contributed by atoms with Crippen LogP contribution in [0.5, 0.6) is 5.75 Å². The maximum Gasteiger partial charge on any atom is 0.346 e. The van der Waals surface area contributed by atoms with Crippen molar-refractivity contribution in [3.8, 4) is 5.75 Å². The van der Waals surface area contributed by atoms with Gasteiger partial charge in [-0.05, 0) is 30.5 Å². The van der Waals surface area contributed by atoms with E-state index < -0.39 is 0 Å². The number of hydrogen-bond acceptors (Lipinski definition) is 5. The van der Waals surface area contributed by atoms with Gasteiger partial charge in [0.2, 0.25) is 5.91 Å². The maximum atomic E-state index is 12.7. The number of amides is 1. The second-order valence-corrected chi connectivity index (χ2v) is 7.31. The Balaban J connectivity index is 1.45. The average Bonchev–Trinajstić information content (AvgIpc) is 3.23. The van der Waals surface area contributed by atoms with Crippen molar-refractivity contribution in [3.63, 3.8) is 0 Å². The molecule has 2 atom stereocenters. The first-order valence-corrected chi connectivity index (χ1v) is 9.40. The van der Waals surface area contributed by atoms with Gasteiger partial charge < -0.3 is 15.4 Å². The van der Waals surface area contributed by atoms with Crippen LogP contribution < -0.4 is 16.2 Å². The highest BCUT2D eigenvalue weighted by Crippen LogP contribution is 2.28. The number of hydrogen-bond donors (Lipinski definition) is 1. The summed E-state index contributed by atoms with van der Waals surface area (Å²) in [6.07, 6.45) is 2.82. The molecule has 144 valence electrons. The topological polar surface area (TPSA) is 95.4 Å². The van der Waals surface area contributed by atoms with Crippen molar-refractivity contribution < 1.29 is 9.53 Å². The summed E-state index contributed by atoms with van der Waals surface area (Å²) in [5, 5.41) is 4.35. The summed E-state index contributed by atoms with van der Waals surface area (Å²) in [5.41, 5.74) is 7.20. The van der Waals surface area contributed by atoms with Crippen LogP contribution >= 0.6 is 0 Å². The normalized spacial score (nSPS) is 21.9. The number of likely N-dealkylation sites (tertiary alicyclic amines) is 1. The highest BCUT2D eigenvalue weighted by atomic mass is 16.5. The molecule has 2 aliphatic rings. The first-order valence-electron chi connectivity index (χ1n) is 9.40. The number of ether oxygens (including phenoxy) is 1. The van der Waals surface area contributed by atoms with Gasteiger partial charge in [-0.25, -0.2) is 9.48 Å². The van der Waals surface area contributed by atoms with Crippen molar-refractivity contribution >= 4 is 5.91 Å². The van der Waals surface area contributed by atoms with Crippen LogP contribution in [0.25, 0.3) is 0 Å². The summed E-state index contributed by atoms with van der Waals surface area (Å²) in [5.74, 6) is 1.54. The van der Waals surface area contributed by atoms with E-state index in [2.05, 4.69) is 5.10 Å². The molecule has 1 saturated heterocycles. The lowest BCUT2D eigenvalue weighted by molar-refractivity contribution is -0.131. The third kappa shape index (κ3) is 3.37. The minimum atomic E-state index is -0.187. The van der Waals surface area contributed by atoms with Crippen molar-refractivity contribution in [1.82, 2.24) is 19.2 Å². The van der Waals surface area contributed by atoms with Gasteiger partial charge >= 0.3 is 5.69 Å². The van der Waals surface area contributed by atoms with Gasteiger partial charge in [0.05, 0.1) is 7.11 Å². The van der Waals surface area contributed by atoms with E-state index >= 15 is 0 Å². The third-order valence-corrected chi connectivity index (χ3v) is 5.58. The number of rotatable bonds is 4. The fourth-order valence-corrected chi connectivity index (χ4v) is 4.02. The lowest BCUT2D eigenvalue weighted by Gasteiger charge is -2.16. The van der Waals surface area contributed by atoms with E-state index in [4.69, 9.17) is 10.5 Å². The minimum Gasteiger partial charge on any atom is -0.497 e. The molecule has 0 bridgehead atoms. The molecule has 0 aliphatic carbocycles. The summed E-state index contributed by atoms with van der Waals surface area (Å²) in [4.78, 5) is 26.9. The van der Waals surface area contributed by atoms with Gasteiger partial charge in [0.15, 0.2) is 0 Å². The van der Waals surface area contributed by atoms with Gasteiger partial charge in [-0.3, -0.25) is 9.36 Å². The smallest absolute Gasteiger partial charge is 0.346 e. The number of fused-ring (bicyclic) bond motifs is 1. The molecule has 1 aromatic heterocycles. The first kappa shape index (κ1) is 17.8. The number of nitrogens with zero attached hydrogens (tertiary/aromatic N) is 4. The highest BCUT2D eigenvalue weighted by Gasteiger charge is 2.34. The summed E-state index contributed by atoms with van der Waals surface area (Å²) < 4.78 is 8.18. The van der Waals surface area contributed by atoms with Gasteiger partial charge in [-0.15, -0.1) is 0 Å². The summed E-state index contributed by atoms with van der Waals surface area (Å²) >= 11 is 0. The first-order chi connectivity index (χ1) is 13.1. The van der Waals surface area contributed by atoms with Crippen molar-refractivity contribution in [3.05, 3.63) is 46.1 Å². The fourth-order valence-electron chi connectivity index (χ4n) is 4.02. The van der Waals surface area contributed by atoms with Crippen LogP contribution in [0, 0.1) is 0 Å². The Morgan fingerprint density at radius 2 is 2.04 bits per heavy atom. The van der Waals surface area contributed by atoms with E-state index in [1.165, 1.54) is 4.68 Å².